The molecule has 0 amide bonds. The maximum atomic E-state index is 6.12. The van der Waals surface area contributed by atoms with Crippen molar-refractivity contribution >= 4 is 23.2 Å². The van der Waals surface area contributed by atoms with E-state index in [0.29, 0.717) is 16.1 Å². The number of rotatable bonds is 3. The molecule has 88 valence electrons. The third-order valence-corrected chi connectivity index (χ3v) is 3.86. The van der Waals surface area contributed by atoms with Gasteiger partial charge in [-0.2, -0.15) is 0 Å². The van der Waals surface area contributed by atoms with Crippen LogP contribution >= 0.6 is 23.2 Å². The molecule has 0 aromatic heterocycles. The zero-order valence-corrected chi connectivity index (χ0v) is 10.9. The summed E-state index contributed by atoms with van der Waals surface area (Å²) in [7, 11) is 2.15. The van der Waals surface area contributed by atoms with Gasteiger partial charge >= 0.3 is 0 Å². The van der Waals surface area contributed by atoms with Gasteiger partial charge in [0.2, 0.25) is 0 Å². The third kappa shape index (κ3) is 2.89. The predicted molar refractivity (Wildman–Crippen MR) is 69.2 cm³/mol. The molecule has 1 atom stereocenters. The lowest BCUT2D eigenvalue weighted by atomic mass is 10.2. The molecule has 1 aromatic carbocycles. The zero-order chi connectivity index (χ0) is 11.5. The molecule has 1 fully saturated rings. The Morgan fingerprint density at radius 1 is 1.44 bits per heavy atom. The molecule has 2 rings (SSSR count). The summed E-state index contributed by atoms with van der Waals surface area (Å²) in [5.41, 5.74) is 1.07. The number of hydrogen-bond donors (Lipinski definition) is 1. The first-order valence-corrected chi connectivity index (χ1v) is 6.27. The van der Waals surface area contributed by atoms with Gasteiger partial charge in [-0.05, 0) is 31.6 Å². The molecule has 1 saturated heterocycles. The molecule has 16 heavy (non-hydrogen) atoms. The van der Waals surface area contributed by atoms with Crippen LogP contribution in [0.2, 0.25) is 10.0 Å². The average molecular weight is 259 g/mol. The van der Waals surface area contributed by atoms with Crippen molar-refractivity contribution in [3.05, 3.63) is 33.8 Å². The molecular weight excluding hydrogens is 243 g/mol. The fraction of sp³-hybridized carbons (Fsp3) is 0.500. The SMILES string of the molecule is CN1CCC(NCc2cccc(Cl)c2Cl)C1. The lowest BCUT2D eigenvalue weighted by molar-refractivity contribution is 0.397. The standard InChI is InChI=1S/C12H16Cl2N2/c1-16-6-5-10(8-16)15-7-9-3-2-4-11(13)12(9)14/h2-4,10,15H,5-8H2,1H3. The van der Waals surface area contributed by atoms with E-state index in [4.69, 9.17) is 23.2 Å². The van der Waals surface area contributed by atoms with E-state index in [1.165, 1.54) is 13.0 Å². The van der Waals surface area contributed by atoms with Crippen LogP contribution in [0.3, 0.4) is 0 Å². The molecule has 1 aliphatic heterocycles. The van der Waals surface area contributed by atoms with Gasteiger partial charge < -0.3 is 10.2 Å². The number of halogens is 2. The van der Waals surface area contributed by atoms with E-state index in [0.717, 1.165) is 18.7 Å². The second kappa shape index (κ2) is 5.37. The first-order chi connectivity index (χ1) is 7.66. The highest BCUT2D eigenvalue weighted by Gasteiger charge is 2.18. The summed E-state index contributed by atoms with van der Waals surface area (Å²) in [4.78, 5) is 2.33. The van der Waals surface area contributed by atoms with E-state index >= 15 is 0 Å². The van der Waals surface area contributed by atoms with E-state index < -0.39 is 0 Å². The summed E-state index contributed by atoms with van der Waals surface area (Å²) >= 11 is 12.1. The van der Waals surface area contributed by atoms with Crippen LogP contribution in [0.25, 0.3) is 0 Å². The smallest absolute Gasteiger partial charge is 0.0637 e. The molecular formula is C12H16Cl2N2. The van der Waals surface area contributed by atoms with Gasteiger partial charge in [-0.25, -0.2) is 0 Å². The largest absolute Gasteiger partial charge is 0.309 e. The lowest BCUT2D eigenvalue weighted by Crippen LogP contribution is -2.31. The Balaban J connectivity index is 1.92. The Bertz CT molecular complexity index is 368. The van der Waals surface area contributed by atoms with Gasteiger partial charge in [-0.3, -0.25) is 0 Å². The summed E-state index contributed by atoms with van der Waals surface area (Å²) in [6.45, 7) is 3.07. The number of benzene rings is 1. The van der Waals surface area contributed by atoms with Crippen molar-refractivity contribution in [2.75, 3.05) is 20.1 Å². The number of likely N-dealkylation sites (N-methyl/N-ethyl adjacent to an activating group) is 1. The molecule has 4 heteroatoms. The van der Waals surface area contributed by atoms with Crippen LogP contribution in [-0.2, 0) is 6.54 Å². The molecule has 0 bridgehead atoms. The quantitative estimate of drug-likeness (QED) is 0.897. The second-order valence-electron chi connectivity index (χ2n) is 4.34. The zero-order valence-electron chi connectivity index (χ0n) is 9.34. The van der Waals surface area contributed by atoms with Gasteiger partial charge in [0.1, 0.15) is 0 Å². The van der Waals surface area contributed by atoms with Crippen molar-refractivity contribution in [1.29, 1.82) is 0 Å². The van der Waals surface area contributed by atoms with Gasteiger partial charge in [0, 0.05) is 19.1 Å². The average Bonchev–Trinajstić information content (AvgIpc) is 2.67. The molecule has 1 unspecified atom stereocenters. The van der Waals surface area contributed by atoms with Crippen molar-refractivity contribution < 1.29 is 0 Å². The minimum absolute atomic E-state index is 0.569. The van der Waals surface area contributed by atoms with Crippen LogP contribution in [-0.4, -0.2) is 31.1 Å². The van der Waals surface area contributed by atoms with Gasteiger partial charge in [0.05, 0.1) is 10.0 Å². The number of hydrogen-bond acceptors (Lipinski definition) is 2. The van der Waals surface area contributed by atoms with Crippen molar-refractivity contribution in [1.82, 2.24) is 10.2 Å². The van der Waals surface area contributed by atoms with E-state index in [9.17, 15) is 0 Å². The Morgan fingerprint density at radius 3 is 2.94 bits per heavy atom. The monoisotopic (exact) mass is 258 g/mol. The predicted octanol–water partition coefficient (Wildman–Crippen LogP) is 2.79. The maximum Gasteiger partial charge on any atom is 0.0637 e. The molecule has 1 heterocycles. The minimum Gasteiger partial charge on any atom is -0.309 e. The lowest BCUT2D eigenvalue weighted by Gasteiger charge is -2.13. The Morgan fingerprint density at radius 2 is 2.25 bits per heavy atom. The molecule has 1 aliphatic rings. The normalized spacial score (nSPS) is 21.6. The first-order valence-electron chi connectivity index (χ1n) is 5.51. The van der Waals surface area contributed by atoms with Crippen LogP contribution in [0.1, 0.15) is 12.0 Å². The van der Waals surface area contributed by atoms with Crippen LogP contribution in [0.15, 0.2) is 18.2 Å². The van der Waals surface area contributed by atoms with Crippen molar-refractivity contribution in [2.24, 2.45) is 0 Å². The molecule has 0 aliphatic carbocycles. The number of nitrogens with zero attached hydrogens (tertiary/aromatic N) is 1. The first kappa shape index (κ1) is 12.2. The Hall–Kier alpha value is -0.280. The molecule has 1 aromatic rings. The fourth-order valence-corrected chi connectivity index (χ4v) is 2.43. The summed E-state index contributed by atoms with van der Waals surface area (Å²) in [5, 5.41) is 4.81. The maximum absolute atomic E-state index is 6.12. The molecule has 1 N–H and O–H groups in total. The third-order valence-electron chi connectivity index (χ3n) is 3.00. The minimum atomic E-state index is 0.569. The van der Waals surface area contributed by atoms with Gasteiger partial charge in [0.25, 0.3) is 0 Å². The van der Waals surface area contributed by atoms with E-state index in [2.05, 4.69) is 17.3 Å². The highest BCUT2D eigenvalue weighted by molar-refractivity contribution is 6.42. The van der Waals surface area contributed by atoms with Crippen LogP contribution in [0.4, 0.5) is 0 Å². The number of likely N-dealkylation sites (tertiary alicyclic amines) is 1. The second-order valence-corrected chi connectivity index (χ2v) is 5.13. The van der Waals surface area contributed by atoms with Crippen molar-refractivity contribution in [3.63, 3.8) is 0 Å². The Kier molecular flexibility index (Phi) is 4.09. The molecule has 0 saturated carbocycles. The van der Waals surface area contributed by atoms with Crippen molar-refractivity contribution in [3.8, 4) is 0 Å². The van der Waals surface area contributed by atoms with Crippen molar-refractivity contribution in [2.45, 2.75) is 19.0 Å². The summed E-state index contributed by atoms with van der Waals surface area (Å²) in [6.07, 6.45) is 1.20. The highest BCUT2D eigenvalue weighted by atomic mass is 35.5. The van der Waals surface area contributed by atoms with Crippen LogP contribution < -0.4 is 5.32 Å². The summed E-state index contributed by atoms with van der Waals surface area (Å²) in [6, 6.07) is 6.34. The van der Waals surface area contributed by atoms with Crippen LogP contribution in [0.5, 0.6) is 0 Å². The highest BCUT2D eigenvalue weighted by Crippen LogP contribution is 2.25. The Labute approximate surface area is 107 Å². The molecule has 2 nitrogen and oxygen atoms in total. The van der Waals surface area contributed by atoms with E-state index in [-0.39, 0.29) is 0 Å². The van der Waals surface area contributed by atoms with E-state index in [1.807, 2.05) is 18.2 Å². The van der Waals surface area contributed by atoms with Crippen LogP contribution in [0, 0.1) is 0 Å². The van der Waals surface area contributed by atoms with Gasteiger partial charge in [-0.1, -0.05) is 35.3 Å². The van der Waals surface area contributed by atoms with Gasteiger partial charge in [-0.15, -0.1) is 0 Å². The summed E-state index contributed by atoms with van der Waals surface area (Å²) < 4.78 is 0. The summed E-state index contributed by atoms with van der Waals surface area (Å²) in [5.74, 6) is 0. The van der Waals surface area contributed by atoms with Gasteiger partial charge in [0.15, 0.2) is 0 Å². The number of nitrogens with one attached hydrogen (secondary N) is 1. The molecule has 0 radical (unpaired) electrons. The molecule has 0 spiro atoms. The fourth-order valence-electron chi connectivity index (χ4n) is 2.04. The topological polar surface area (TPSA) is 15.3 Å². The van der Waals surface area contributed by atoms with E-state index in [1.54, 1.807) is 0 Å².